The molecular formula is C21H22N2O5S. The highest BCUT2D eigenvalue weighted by atomic mass is 32.2. The molecule has 0 radical (unpaired) electrons. The fraction of sp³-hybridized carbons (Fsp3) is 0.238. The molecule has 0 aliphatic carbocycles. The number of sulfonamides is 1. The van der Waals surface area contributed by atoms with Gasteiger partial charge in [-0.2, -0.15) is 0 Å². The standard InChI is InChI=1S/C21H22N2O5S/c1-13-7-9-18(10-8-13)29(26,27)23-19(12-20(24)25)16-5-4-6-17(11-16)21-14(2)22-28-15(21)3/h4-11,19,23H,12H2,1-3H3,(H,24,25)/t19-/m0/s1. The van der Waals surface area contributed by atoms with Crippen LogP contribution in [0.25, 0.3) is 11.1 Å². The van der Waals surface area contributed by atoms with Crippen LogP contribution in [0.5, 0.6) is 0 Å². The van der Waals surface area contributed by atoms with Gasteiger partial charge in [0.05, 0.1) is 23.1 Å². The zero-order chi connectivity index (χ0) is 21.2. The zero-order valence-electron chi connectivity index (χ0n) is 16.3. The molecule has 7 nitrogen and oxygen atoms in total. The fourth-order valence-corrected chi connectivity index (χ4v) is 4.41. The van der Waals surface area contributed by atoms with Crippen LogP contribution < -0.4 is 4.72 Å². The summed E-state index contributed by atoms with van der Waals surface area (Å²) in [5.74, 6) is -0.473. The van der Waals surface area contributed by atoms with Crippen LogP contribution in [0.2, 0.25) is 0 Å². The maximum atomic E-state index is 12.8. The molecule has 0 amide bonds. The number of carbonyl (C=O) groups is 1. The molecule has 0 saturated heterocycles. The van der Waals surface area contributed by atoms with Crippen molar-refractivity contribution < 1.29 is 22.8 Å². The lowest BCUT2D eigenvalue weighted by Crippen LogP contribution is -2.30. The number of nitrogens with one attached hydrogen (secondary N) is 1. The van der Waals surface area contributed by atoms with Gasteiger partial charge in [-0.15, -0.1) is 0 Å². The smallest absolute Gasteiger partial charge is 0.305 e. The molecule has 8 heteroatoms. The van der Waals surface area contributed by atoms with Gasteiger partial charge in [-0.25, -0.2) is 13.1 Å². The van der Waals surface area contributed by atoms with E-state index in [-0.39, 0.29) is 4.90 Å². The average molecular weight is 414 g/mol. The molecule has 152 valence electrons. The Kier molecular flexibility index (Phi) is 5.86. The Hall–Kier alpha value is -2.97. The van der Waals surface area contributed by atoms with Gasteiger partial charge in [0, 0.05) is 5.56 Å². The zero-order valence-corrected chi connectivity index (χ0v) is 17.2. The van der Waals surface area contributed by atoms with Gasteiger partial charge in [0.25, 0.3) is 0 Å². The summed E-state index contributed by atoms with van der Waals surface area (Å²) in [6, 6.07) is 12.5. The van der Waals surface area contributed by atoms with E-state index in [4.69, 9.17) is 4.52 Å². The van der Waals surface area contributed by atoms with E-state index in [0.717, 1.165) is 16.7 Å². The number of hydrogen-bond donors (Lipinski definition) is 2. The minimum atomic E-state index is -3.90. The lowest BCUT2D eigenvalue weighted by Gasteiger charge is -2.18. The summed E-state index contributed by atoms with van der Waals surface area (Å²) in [5, 5.41) is 13.3. The van der Waals surface area contributed by atoms with Gasteiger partial charge in [0.15, 0.2) is 0 Å². The molecule has 0 fully saturated rings. The maximum Gasteiger partial charge on any atom is 0.305 e. The number of benzene rings is 2. The molecule has 29 heavy (non-hydrogen) atoms. The van der Waals surface area contributed by atoms with Crippen molar-refractivity contribution in [3.8, 4) is 11.1 Å². The van der Waals surface area contributed by atoms with Crippen molar-refractivity contribution in [1.29, 1.82) is 0 Å². The fourth-order valence-electron chi connectivity index (χ4n) is 3.18. The second-order valence-electron chi connectivity index (χ2n) is 6.91. The molecule has 1 aromatic heterocycles. The summed E-state index contributed by atoms with van der Waals surface area (Å²) >= 11 is 0. The highest BCUT2D eigenvalue weighted by Crippen LogP contribution is 2.30. The first-order valence-electron chi connectivity index (χ1n) is 9.01. The van der Waals surface area contributed by atoms with Crippen molar-refractivity contribution >= 4 is 16.0 Å². The van der Waals surface area contributed by atoms with Crippen LogP contribution in [-0.2, 0) is 14.8 Å². The van der Waals surface area contributed by atoms with E-state index in [0.29, 0.717) is 17.0 Å². The third-order valence-electron chi connectivity index (χ3n) is 4.62. The Labute approximate surface area is 169 Å². The number of aliphatic carboxylic acids is 1. The van der Waals surface area contributed by atoms with E-state index >= 15 is 0 Å². The minimum Gasteiger partial charge on any atom is -0.481 e. The van der Waals surface area contributed by atoms with Crippen LogP contribution in [0.4, 0.5) is 0 Å². The van der Waals surface area contributed by atoms with Gasteiger partial charge in [-0.1, -0.05) is 41.1 Å². The summed E-state index contributed by atoms with van der Waals surface area (Å²) in [6.07, 6.45) is -0.393. The predicted molar refractivity (Wildman–Crippen MR) is 108 cm³/mol. The number of carboxylic acids is 1. The topological polar surface area (TPSA) is 110 Å². The van der Waals surface area contributed by atoms with E-state index in [9.17, 15) is 18.3 Å². The maximum absolute atomic E-state index is 12.8. The minimum absolute atomic E-state index is 0.0837. The Morgan fingerprint density at radius 3 is 2.41 bits per heavy atom. The summed E-state index contributed by atoms with van der Waals surface area (Å²) in [7, 11) is -3.90. The Morgan fingerprint density at radius 1 is 1.14 bits per heavy atom. The molecule has 3 rings (SSSR count). The molecule has 0 saturated carbocycles. The normalized spacial score (nSPS) is 12.7. The van der Waals surface area contributed by atoms with Crippen LogP contribution in [0, 0.1) is 20.8 Å². The van der Waals surface area contributed by atoms with E-state index in [1.54, 1.807) is 37.3 Å². The van der Waals surface area contributed by atoms with E-state index in [2.05, 4.69) is 9.88 Å². The summed E-state index contributed by atoms with van der Waals surface area (Å²) in [4.78, 5) is 11.5. The van der Waals surface area contributed by atoms with Crippen molar-refractivity contribution in [3.63, 3.8) is 0 Å². The summed E-state index contributed by atoms with van der Waals surface area (Å²) < 4.78 is 33.3. The lowest BCUT2D eigenvalue weighted by molar-refractivity contribution is -0.137. The second kappa shape index (κ2) is 8.18. The predicted octanol–water partition coefficient (Wildman–Crippen LogP) is 3.76. The largest absolute Gasteiger partial charge is 0.481 e. The van der Waals surface area contributed by atoms with Crippen molar-refractivity contribution in [3.05, 3.63) is 71.1 Å². The quantitative estimate of drug-likeness (QED) is 0.609. The monoisotopic (exact) mass is 414 g/mol. The van der Waals surface area contributed by atoms with Gasteiger partial charge in [-0.05, 0) is 50.1 Å². The first-order valence-corrected chi connectivity index (χ1v) is 10.5. The lowest BCUT2D eigenvalue weighted by atomic mass is 9.97. The van der Waals surface area contributed by atoms with Crippen LogP contribution >= 0.6 is 0 Å². The van der Waals surface area contributed by atoms with E-state index in [1.165, 1.54) is 12.1 Å². The number of aromatic nitrogens is 1. The van der Waals surface area contributed by atoms with Crippen molar-refractivity contribution in [2.45, 2.75) is 38.1 Å². The number of rotatable bonds is 7. The number of nitrogens with zero attached hydrogens (tertiary/aromatic N) is 1. The summed E-state index contributed by atoms with van der Waals surface area (Å²) in [5.41, 5.74) is 3.76. The van der Waals surface area contributed by atoms with E-state index < -0.39 is 28.5 Å². The van der Waals surface area contributed by atoms with Gasteiger partial charge < -0.3 is 9.63 Å². The SMILES string of the molecule is Cc1ccc(S(=O)(=O)N[C@@H](CC(=O)O)c2cccc(-c3c(C)noc3C)c2)cc1. The molecule has 0 bridgehead atoms. The Morgan fingerprint density at radius 2 is 1.83 bits per heavy atom. The molecule has 0 aliphatic rings. The molecule has 0 spiro atoms. The third kappa shape index (κ3) is 4.72. The Bertz CT molecular complexity index is 1110. The van der Waals surface area contributed by atoms with Crippen molar-refractivity contribution in [2.75, 3.05) is 0 Å². The number of aryl methyl sites for hydroxylation is 3. The first-order chi connectivity index (χ1) is 13.7. The van der Waals surface area contributed by atoms with Gasteiger partial charge in [0.2, 0.25) is 10.0 Å². The average Bonchev–Trinajstić information content (AvgIpc) is 2.99. The molecule has 1 atom stereocenters. The first kappa shape index (κ1) is 20.8. The van der Waals surface area contributed by atoms with Crippen LogP contribution in [0.1, 0.15) is 35.0 Å². The molecule has 2 N–H and O–H groups in total. The molecule has 3 aromatic rings. The third-order valence-corrected chi connectivity index (χ3v) is 6.11. The van der Waals surface area contributed by atoms with Crippen LogP contribution in [0.3, 0.4) is 0 Å². The summed E-state index contributed by atoms with van der Waals surface area (Å²) in [6.45, 7) is 5.46. The highest BCUT2D eigenvalue weighted by molar-refractivity contribution is 7.89. The van der Waals surface area contributed by atoms with E-state index in [1.807, 2.05) is 19.9 Å². The van der Waals surface area contributed by atoms with Crippen LogP contribution in [-0.4, -0.2) is 24.7 Å². The van der Waals surface area contributed by atoms with Crippen molar-refractivity contribution in [1.82, 2.24) is 9.88 Å². The molecule has 0 unspecified atom stereocenters. The Balaban J connectivity index is 1.98. The number of hydrogen-bond acceptors (Lipinski definition) is 5. The highest BCUT2D eigenvalue weighted by Gasteiger charge is 2.24. The van der Waals surface area contributed by atoms with Gasteiger partial charge in [0.1, 0.15) is 5.76 Å². The molecular weight excluding hydrogens is 392 g/mol. The van der Waals surface area contributed by atoms with Gasteiger partial charge >= 0.3 is 5.97 Å². The second-order valence-corrected chi connectivity index (χ2v) is 8.62. The van der Waals surface area contributed by atoms with Gasteiger partial charge in [-0.3, -0.25) is 4.79 Å². The number of carboxylic acid groups (broad SMARTS) is 1. The molecule has 0 aliphatic heterocycles. The molecule has 2 aromatic carbocycles. The molecule has 1 heterocycles. The van der Waals surface area contributed by atoms with Crippen molar-refractivity contribution in [2.24, 2.45) is 0 Å². The van der Waals surface area contributed by atoms with Crippen LogP contribution in [0.15, 0.2) is 57.9 Å².